The Balaban J connectivity index is 1.70. The number of amides is 1. The molecule has 0 atom stereocenters. The second-order valence-corrected chi connectivity index (χ2v) is 5.44. The molecule has 1 heterocycles. The van der Waals surface area contributed by atoms with Gasteiger partial charge in [0.15, 0.2) is 5.69 Å². The number of carbonyl (C=O) groups is 1. The fourth-order valence-electron chi connectivity index (χ4n) is 2.08. The van der Waals surface area contributed by atoms with E-state index in [9.17, 15) is 4.79 Å². The minimum atomic E-state index is 0.00120. The molecule has 0 aliphatic heterocycles. The molecule has 0 spiro atoms. The molecule has 1 aromatic rings. The van der Waals surface area contributed by atoms with Crippen molar-refractivity contribution in [3.8, 4) is 0 Å². The third-order valence-corrected chi connectivity index (χ3v) is 3.54. The van der Waals surface area contributed by atoms with Crippen LogP contribution in [-0.4, -0.2) is 34.1 Å². The Morgan fingerprint density at radius 3 is 2.22 bits per heavy atom. The van der Waals surface area contributed by atoms with Crippen LogP contribution in [0.3, 0.4) is 0 Å². The zero-order chi connectivity index (χ0) is 12.5. The average molecular weight is 246 g/mol. The van der Waals surface area contributed by atoms with Gasteiger partial charge in [0, 0.05) is 13.1 Å². The van der Waals surface area contributed by atoms with Crippen molar-refractivity contribution in [3.63, 3.8) is 0 Å². The molecule has 2 aliphatic rings. The summed E-state index contributed by atoms with van der Waals surface area (Å²) in [6, 6.07) is 3.30. The summed E-state index contributed by atoms with van der Waals surface area (Å²) >= 11 is 0. The molecule has 0 radical (unpaired) electrons. The van der Waals surface area contributed by atoms with Crippen LogP contribution in [0.5, 0.6) is 0 Å². The molecule has 18 heavy (non-hydrogen) atoms. The molecule has 0 aromatic carbocycles. The van der Waals surface area contributed by atoms with Gasteiger partial charge in [0.05, 0.1) is 0 Å². The standard InChI is InChI=1S/C13H18N4O/c14-12-6-5-11(15-16-12)13(18)17(7-9-1-2-9)8-10-3-4-10/h5-6,9-10H,1-4,7-8H2,(H2,14,16). The van der Waals surface area contributed by atoms with Gasteiger partial charge in [-0.15, -0.1) is 10.2 Å². The third kappa shape index (κ3) is 2.78. The van der Waals surface area contributed by atoms with Crippen molar-refractivity contribution in [2.75, 3.05) is 18.8 Å². The number of hydrogen-bond acceptors (Lipinski definition) is 4. The molecule has 0 bridgehead atoms. The van der Waals surface area contributed by atoms with Crippen LogP contribution in [0, 0.1) is 11.8 Å². The SMILES string of the molecule is Nc1ccc(C(=O)N(CC2CC2)CC2CC2)nn1. The van der Waals surface area contributed by atoms with Crippen molar-refractivity contribution in [3.05, 3.63) is 17.8 Å². The van der Waals surface area contributed by atoms with E-state index < -0.39 is 0 Å². The molecule has 2 fully saturated rings. The van der Waals surface area contributed by atoms with Crippen LogP contribution in [0.1, 0.15) is 36.2 Å². The van der Waals surface area contributed by atoms with E-state index in [1.54, 1.807) is 12.1 Å². The fraction of sp³-hybridized carbons (Fsp3) is 0.615. The molecule has 5 nitrogen and oxygen atoms in total. The second kappa shape index (κ2) is 4.55. The smallest absolute Gasteiger partial charge is 0.274 e. The monoisotopic (exact) mass is 246 g/mol. The first-order valence-electron chi connectivity index (χ1n) is 6.61. The van der Waals surface area contributed by atoms with E-state index in [1.807, 2.05) is 4.90 Å². The summed E-state index contributed by atoms with van der Waals surface area (Å²) in [5.41, 5.74) is 5.89. The lowest BCUT2D eigenvalue weighted by Gasteiger charge is -2.21. The van der Waals surface area contributed by atoms with E-state index in [-0.39, 0.29) is 5.91 Å². The van der Waals surface area contributed by atoms with Gasteiger partial charge >= 0.3 is 0 Å². The van der Waals surface area contributed by atoms with Gasteiger partial charge in [-0.05, 0) is 49.7 Å². The number of rotatable bonds is 5. The molecule has 0 saturated heterocycles. The molecule has 2 aliphatic carbocycles. The lowest BCUT2D eigenvalue weighted by Crippen LogP contribution is -2.35. The topological polar surface area (TPSA) is 72.1 Å². The molecule has 2 saturated carbocycles. The summed E-state index contributed by atoms with van der Waals surface area (Å²) < 4.78 is 0. The van der Waals surface area contributed by atoms with E-state index in [1.165, 1.54) is 25.7 Å². The number of nitrogens with zero attached hydrogens (tertiary/aromatic N) is 3. The molecule has 1 aromatic heterocycles. The zero-order valence-electron chi connectivity index (χ0n) is 10.4. The van der Waals surface area contributed by atoms with Gasteiger partial charge in [0.2, 0.25) is 0 Å². The van der Waals surface area contributed by atoms with Crippen molar-refractivity contribution >= 4 is 11.7 Å². The minimum Gasteiger partial charge on any atom is -0.382 e. The molecule has 1 amide bonds. The molecular formula is C13H18N4O. The maximum Gasteiger partial charge on any atom is 0.274 e. The Labute approximate surface area is 106 Å². The first kappa shape index (κ1) is 11.4. The highest BCUT2D eigenvalue weighted by Crippen LogP contribution is 2.34. The molecule has 3 rings (SSSR count). The number of aromatic nitrogens is 2. The highest BCUT2D eigenvalue weighted by molar-refractivity contribution is 5.92. The molecule has 5 heteroatoms. The Kier molecular flexibility index (Phi) is 2.89. The molecule has 2 N–H and O–H groups in total. The van der Waals surface area contributed by atoms with Gasteiger partial charge in [-0.25, -0.2) is 0 Å². The van der Waals surface area contributed by atoms with Gasteiger partial charge in [-0.3, -0.25) is 4.79 Å². The van der Waals surface area contributed by atoms with Crippen molar-refractivity contribution in [1.82, 2.24) is 15.1 Å². The van der Waals surface area contributed by atoms with Crippen molar-refractivity contribution in [2.24, 2.45) is 11.8 Å². The van der Waals surface area contributed by atoms with Crippen LogP contribution in [0.2, 0.25) is 0 Å². The number of hydrogen-bond donors (Lipinski definition) is 1. The van der Waals surface area contributed by atoms with Crippen LogP contribution in [-0.2, 0) is 0 Å². The van der Waals surface area contributed by atoms with Crippen molar-refractivity contribution < 1.29 is 4.79 Å². The first-order chi connectivity index (χ1) is 8.72. The van der Waals surface area contributed by atoms with Gasteiger partial charge in [-0.2, -0.15) is 0 Å². The highest BCUT2D eigenvalue weighted by atomic mass is 16.2. The molecule has 96 valence electrons. The van der Waals surface area contributed by atoms with E-state index >= 15 is 0 Å². The number of anilines is 1. The molecular weight excluding hydrogens is 228 g/mol. The predicted molar refractivity (Wildman–Crippen MR) is 67.8 cm³/mol. The summed E-state index contributed by atoms with van der Waals surface area (Å²) in [6.07, 6.45) is 5.01. The maximum absolute atomic E-state index is 12.4. The molecule has 0 unspecified atom stereocenters. The van der Waals surface area contributed by atoms with Crippen LogP contribution in [0.25, 0.3) is 0 Å². The summed E-state index contributed by atoms with van der Waals surface area (Å²) in [6.45, 7) is 1.75. The number of nitrogens with two attached hydrogens (primary N) is 1. The van der Waals surface area contributed by atoms with Crippen LogP contribution >= 0.6 is 0 Å². The normalized spacial score (nSPS) is 18.7. The quantitative estimate of drug-likeness (QED) is 0.850. The van der Waals surface area contributed by atoms with Gasteiger partial charge < -0.3 is 10.6 Å². The lowest BCUT2D eigenvalue weighted by molar-refractivity contribution is 0.0732. The maximum atomic E-state index is 12.4. The zero-order valence-corrected chi connectivity index (χ0v) is 10.4. The van der Waals surface area contributed by atoms with Crippen molar-refractivity contribution in [2.45, 2.75) is 25.7 Å². The van der Waals surface area contributed by atoms with Gasteiger partial charge in [0.1, 0.15) is 5.82 Å². The van der Waals surface area contributed by atoms with Gasteiger partial charge in [0.25, 0.3) is 5.91 Å². The lowest BCUT2D eigenvalue weighted by atomic mass is 10.2. The van der Waals surface area contributed by atoms with E-state index in [0.717, 1.165) is 13.1 Å². The average Bonchev–Trinajstić information content (AvgIpc) is 3.23. The number of carbonyl (C=O) groups excluding carboxylic acids is 1. The second-order valence-electron chi connectivity index (χ2n) is 5.44. The fourth-order valence-corrected chi connectivity index (χ4v) is 2.08. The first-order valence-corrected chi connectivity index (χ1v) is 6.61. The predicted octanol–water partition coefficient (Wildman–Crippen LogP) is 1.32. The van der Waals surface area contributed by atoms with Gasteiger partial charge in [-0.1, -0.05) is 0 Å². The van der Waals surface area contributed by atoms with Crippen LogP contribution < -0.4 is 5.73 Å². The summed E-state index contributed by atoms with van der Waals surface area (Å²) in [5.74, 6) is 1.76. The highest BCUT2D eigenvalue weighted by Gasteiger charge is 2.32. The Morgan fingerprint density at radius 2 is 1.78 bits per heavy atom. The Hall–Kier alpha value is -1.65. The van der Waals surface area contributed by atoms with E-state index in [0.29, 0.717) is 23.3 Å². The van der Waals surface area contributed by atoms with Crippen molar-refractivity contribution in [1.29, 1.82) is 0 Å². The summed E-state index contributed by atoms with van der Waals surface area (Å²) in [4.78, 5) is 14.3. The summed E-state index contributed by atoms with van der Waals surface area (Å²) in [7, 11) is 0. The van der Waals surface area contributed by atoms with E-state index in [2.05, 4.69) is 10.2 Å². The third-order valence-electron chi connectivity index (χ3n) is 3.54. The summed E-state index contributed by atoms with van der Waals surface area (Å²) in [5, 5.41) is 7.64. The Morgan fingerprint density at radius 1 is 1.17 bits per heavy atom. The largest absolute Gasteiger partial charge is 0.382 e. The van der Waals surface area contributed by atoms with E-state index in [4.69, 9.17) is 5.73 Å². The Bertz CT molecular complexity index is 423. The number of nitrogen functional groups attached to an aromatic ring is 1. The van der Waals surface area contributed by atoms with Crippen LogP contribution in [0.4, 0.5) is 5.82 Å². The minimum absolute atomic E-state index is 0.00120. The van der Waals surface area contributed by atoms with Crippen LogP contribution in [0.15, 0.2) is 12.1 Å².